The van der Waals surface area contributed by atoms with Gasteiger partial charge in [0.05, 0.1) is 30.9 Å². The average molecular weight is 378 g/mol. The molecule has 0 unspecified atom stereocenters. The van der Waals surface area contributed by atoms with Crippen molar-refractivity contribution in [3.8, 4) is 0 Å². The number of morpholine rings is 1. The number of rotatable bonds is 5. The molecule has 8 nitrogen and oxygen atoms in total. The van der Waals surface area contributed by atoms with E-state index < -0.39 is 18.0 Å². The maximum absolute atomic E-state index is 12.6. The van der Waals surface area contributed by atoms with Crippen molar-refractivity contribution in [2.45, 2.75) is 52.0 Å². The summed E-state index contributed by atoms with van der Waals surface area (Å²) in [7, 11) is 0. The van der Waals surface area contributed by atoms with Crippen molar-refractivity contribution < 1.29 is 28.3 Å². The van der Waals surface area contributed by atoms with E-state index in [2.05, 4.69) is 0 Å². The Morgan fingerprint density at radius 2 is 1.96 bits per heavy atom. The Labute approximate surface area is 158 Å². The number of esters is 1. The molecule has 2 aliphatic rings. The minimum Gasteiger partial charge on any atom is -0.467 e. The van der Waals surface area contributed by atoms with Crippen molar-refractivity contribution in [3.05, 3.63) is 24.2 Å². The largest absolute Gasteiger partial charge is 0.467 e. The van der Waals surface area contributed by atoms with Crippen molar-refractivity contribution in [1.82, 2.24) is 9.80 Å². The first kappa shape index (κ1) is 19.4. The van der Waals surface area contributed by atoms with Gasteiger partial charge in [-0.3, -0.25) is 14.4 Å². The standard InChI is InChI=1S/C19H26N2O6/c1-12-8-21(9-13(2)26-12)18(23)14(3)27-19(24)15-7-17(22)20(10-15)11-16-5-4-6-25-16/h4-6,12-15H,7-11H2,1-3H3/t12-,13+,14-,15-/m1/s1. The van der Waals surface area contributed by atoms with Gasteiger partial charge in [-0.25, -0.2) is 0 Å². The lowest BCUT2D eigenvalue weighted by Gasteiger charge is -2.36. The summed E-state index contributed by atoms with van der Waals surface area (Å²) in [6, 6.07) is 3.53. The molecule has 8 heteroatoms. The van der Waals surface area contributed by atoms with E-state index in [9.17, 15) is 14.4 Å². The maximum atomic E-state index is 12.6. The van der Waals surface area contributed by atoms with Crippen molar-refractivity contribution in [1.29, 1.82) is 0 Å². The lowest BCUT2D eigenvalue weighted by molar-refractivity contribution is -0.166. The van der Waals surface area contributed by atoms with Gasteiger partial charge in [0.25, 0.3) is 5.91 Å². The van der Waals surface area contributed by atoms with Gasteiger partial charge in [-0.15, -0.1) is 0 Å². The van der Waals surface area contributed by atoms with Crippen LogP contribution in [0.25, 0.3) is 0 Å². The fourth-order valence-electron chi connectivity index (χ4n) is 3.61. The molecule has 0 saturated carbocycles. The number of hydrogen-bond acceptors (Lipinski definition) is 6. The molecule has 2 saturated heterocycles. The van der Waals surface area contributed by atoms with Crippen LogP contribution in [0.5, 0.6) is 0 Å². The number of nitrogens with zero attached hydrogens (tertiary/aromatic N) is 2. The number of carbonyl (C=O) groups is 3. The highest BCUT2D eigenvalue weighted by atomic mass is 16.5. The lowest BCUT2D eigenvalue weighted by Crippen LogP contribution is -2.51. The fraction of sp³-hybridized carbons (Fsp3) is 0.632. The summed E-state index contributed by atoms with van der Waals surface area (Å²) < 4.78 is 16.3. The molecule has 3 rings (SSSR count). The van der Waals surface area contributed by atoms with Gasteiger partial charge in [0.1, 0.15) is 5.76 Å². The number of likely N-dealkylation sites (tertiary alicyclic amines) is 1. The zero-order chi connectivity index (χ0) is 19.6. The van der Waals surface area contributed by atoms with Crippen LogP contribution < -0.4 is 0 Å². The predicted molar refractivity (Wildman–Crippen MR) is 94.4 cm³/mol. The molecule has 0 spiro atoms. The number of furan rings is 1. The van der Waals surface area contributed by atoms with Gasteiger partial charge in [0, 0.05) is 26.1 Å². The smallest absolute Gasteiger partial charge is 0.312 e. The molecule has 27 heavy (non-hydrogen) atoms. The van der Waals surface area contributed by atoms with E-state index in [0.29, 0.717) is 25.4 Å². The highest BCUT2D eigenvalue weighted by Crippen LogP contribution is 2.22. The Morgan fingerprint density at radius 3 is 2.59 bits per heavy atom. The third-order valence-corrected chi connectivity index (χ3v) is 4.85. The average Bonchev–Trinajstić information content (AvgIpc) is 3.24. The molecule has 0 bridgehead atoms. The number of ether oxygens (including phenoxy) is 2. The van der Waals surface area contributed by atoms with Crippen LogP contribution in [0.1, 0.15) is 33.0 Å². The summed E-state index contributed by atoms with van der Waals surface area (Å²) in [6.45, 7) is 6.93. The third kappa shape index (κ3) is 4.68. The van der Waals surface area contributed by atoms with Crippen LogP contribution in [0.4, 0.5) is 0 Å². The van der Waals surface area contributed by atoms with Gasteiger partial charge in [-0.05, 0) is 32.9 Å². The minimum atomic E-state index is -0.885. The predicted octanol–water partition coefficient (Wildman–Crippen LogP) is 1.20. The maximum Gasteiger partial charge on any atom is 0.312 e. The van der Waals surface area contributed by atoms with Gasteiger partial charge in [0.15, 0.2) is 6.10 Å². The van der Waals surface area contributed by atoms with E-state index in [1.54, 1.807) is 35.1 Å². The summed E-state index contributed by atoms with van der Waals surface area (Å²) in [4.78, 5) is 40.4. The Kier molecular flexibility index (Phi) is 5.84. The first-order valence-electron chi connectivity index (χ1n) is 9.28. The molecular formula is C19H26N2O6. The SMILES string of the molecule is C[C@@H]1CN(C(=O)[C@@H](C)OC(=O)[C@@H]2CC(=O)N(Cc3ccco3)C2)C[C@H](C)O1. The van der Waals surface area contributed by atoms with E-state index in [1.807, 2.05) is 13.8 Å². The molecule has 0 aromatic carbocycles. The number of amides is 2. The monoisotopic (exact) mass is 378 g/mol. The van der Waals surface area contributed by atoms with Crippen LogP contribution in [0.15, 0.2) is 22.8 Å². The van der Waals surface area contributed by atoms with Crippen LogP contribution in [0.3, 0.4) is 0 Å². The third-order valence-electron chi connectivity index (χ3n) is 4.85. The van der Waals surface area contributed by atoms with Gasteiger partial charge >= 0.3 is 5.97 Å². The van der Waals surface area contributed by atoms with Gasteiger partial charge < -0.3 is 23.7 Å². The van der Waals surface area contributed by atoms with Crippen LogP contribution in [-0.4, -0.2) is 65.5 Å². The fourth-order valence-corrected chi connectivity index (χ4v) is 3.61. The molecule has 1 aromatic rings. The van der Waals surface area contributed by atoms with Gasteiger partial charge in [0.2, 0.25) is 5.91 Å². The molecule has 2 fully saturated rings. The zero-order valence-corrected chi connectivity index (χ0v) is 15.9. The van der Waals surface area contributed by atoms with E-state index >= 15 is 0 Å². The summed E-state index contributed by atoms with van der Waals surface area (Å²) in [5.74, 6) is -0.771. The Balaban J connectivity index is 1.52. The van der Waals surface area contributed by atoms with Crippen molar-refractivity contribution in [2.24, 2.45) is 5.92 Å². The quantitative estimate of drug-likeness (QED) is 0.715. The Bertz CT molecular complexity index is 678. The lowest BCUT2D eigenvalue weighted by atomic mass is 10.1. The van der Waals surface area contributed by atoms with E-state index in [-0.39, 0.29) is 37.0 Å². The van der Waals surface area contributed by atoms with E-state index in [4.69, 9.17) is 13.9 Å². The highest BCUT2D eigenvalue weighted by molar-refractivity contribution is 5.89. The van der Waals surface area contributed by atoms with Gasteiger partial charge in [-0.1, -0.05) is 0 Å². The Morgan fingerprint density at radius 1 is 1.26 bits per heavy atom. The second kappa shape index (κ2) is 8.12. The van der Waals surface area contributed by atoms with Crippen LogP contribution in [0, 0.1) is 5.92 Å². The highest BCUT2D eigenvalue weighted by Gasteiger charge is 2.38. The van der Waals surface area contributed by atoms with Crippen molar-refractivity contribution in [2.75, 3.05) is 19.6 Å². The van der Waals surface area contributed by atoms with Crippen molar-refractivity contribution >= 4 is 17.8 Å². The molecular weight excluding hydrogens is 352 g/mol. The van der Waals surface area contributed by atoms with Gasteiger partial charge in [-0.2, -0.15) is 0 Å². The summed E-state index contributed by atoms with van der Waals surface area (Å²) in [5.41, 5.74) is 0. The number of carbonyl (C=O) groups excluding carboxylic acids is 3. The molecule has 4 atom stereocenters. The Hall–Kier alpha value is -2.35. The molecule has 0 aliphatic carbocycles. The molecule has 148 valence electrons. The summed E-state index contributed by atoms with van der Waals surface area (Å²) in [5, 5.41) is 0. The van der Waals surface area contributed by atoms with Crippen LogP contribution >= 0.6 is 0 Å². The normalized spacial score (nSPS) is 26.9. The van der Waals surface area contributed by atoms with E-state index in [0.717, 1.165) is 0 Å². The second-order valence-electron chi connectivity index (χ2n) is 7.33. The van der Waals surface area contributed by atoms with E-state index in [1.165, 1.54) is 0 Å². The summed E-state index contributed by atoms with van der Waals surface area (Å²) in [6.07, 6.45) is 0.643. The molecule has 1 aromatic heterocycles. The second-order valence-corrected chi connectivity index (χ2v) is 7.33. The first-order chi connectivity index (χ1) is 12.8. The molecule has 3 heterocycles. The molecule has 0 N–H and O–H groups in total. The first-order valence-corrected chi connectivity index (χ1v) is 9.28. The molecule has 2 amide bonds. The van der Waals surface area contributed by atoms with Crippen LogP contribution in [0.2, 0.25) is 0 Å². The molecule has 2 aliphatic heterocycles. The topological polar surface area (TPSA) is 89.3 Å². The molecule has 0 radical (unpaired) electrons. The number of hydrogen-bond donors (Lipinski definition) is 0. The van der Waals surface area contributed by atoms with Crippen LogP contribution in [-0.2, 0) is 30.4 Å². The summed E-state index contributed by atoms with van der Waals surface area (Å²) >= 11 is 0. The van der Waals surface area contributed by atoms with Crippen molar-refractivity contribution in [3.63, 3.8) is 0 Å². The zero-order valence-electron chi connectivity index (χ0n) is 15.9. The minimum absolute atomic E-state index is 0.0526.